The maximum absolute atomic E-state index is 11.6. The summed E-state index contributed by atoms with van der Waals surface area (Å²) < 4.78 is 10.3. The van der Waals surface area contributed by atoms with E-state index in [1.165, 1.54) is 26.0 Å². The predicted molar refractivity (Wildman–Crippen MR) is 69.8 cm³/mol. The van der Waals surface area contributed by atoms with Gasteiger partial charge in [-0.05, 0) is 12.1 Å². The molecule has 0 fully saturated rings. The summed E-state index contributed by atoms with van der Waals surface area (Å²) in [7, 11) is 3.01. The number of rotatable bonds is 6. The van der Waals surface area contributed by atoms with E-state index in [1.807, 2.05) is 0 Å². The van der Waals surface area contributed by atoms with Gasteiger partial charge < -0.3 is 19.5 Å². The van der Waals surface area contributed by atoms with Crippen molar-refractivity contribution < 1.29 is 24.2 Å². The molecule has 0 spiro atoms. The van der Waals surface area contributed by atoms with Crippen LogP contribution in [0.25, 0.3) is 0 Å². The second-order valence-corrected chi connectivity index (χ2v) is 3.85. The molecule has 0 aliphatic rings. The van der Waals surface area contributed by atoms with Crippen LogP contribution >= 0.6 is 0 Å². The molecule has 0 heterocycles. The van der Waals surface area contributed by atoms with Crippen molar-refractivity contribution in [3.63, 3.8) is 0 Å². The number of hydrogen-bond acceptors (Lipinski definition) is 4. The molecule has 0 aromatic heterocycles. The lowest BCUT2D eigenvalue weighted by atomic mass is 10.2. The number of anilines is 1. The van der Waals surface area contributed by atoms with Gasteiger partial charge in [-0.2, -0.15) is 0 Å². The summed E-state index contributed by atoms with van der Waals surface area (Å²) >= 11 is 0. The molecule has 0 radical (unpaired) electrons. The first-order valence-corrected chi connectivity index (χ1v) is 5.71. The number of methoxy groups -OCH3 is 2. The fourth-order valence-corrected chi connectivity index (χ4v) is 1.66. The average molecular weight is 267 g/mol. The quantitative estimate of drug-likeness (QED) is 0.846. The Kier molecular flexibility index (Phi) is 5.17. The Bertz CT molecular complexity index is 472. The van der Waals surface area contributed by atoms with E-state index in [2.05, 4.69) is 0 Å². The average Bonchev–Trinajstić information content (AvgIpc) is 2.38. The maximum atomic E-state index is 11.6. The summed E-state index contributed by atoms with van der Waals surface area (Å²) in [6, 6.07) is 5.00. The molecule has 0 aliphatic carbocycles. The first-order chi connectivity index (χ1) is 8.99. The van der Waals surface area contributed by atoms with Crippen molar-refractivity contribution in [2.24, 2.45) is 0 Å². The van der Waals surface area contributed by atoms with Crippen molar-refractivity contribution in [2.45, 2.75) is 13.3 Å². The van der Waals surface area contributed by atoms with Crippen LogP contribution in [0.5, 0.6) is 11.5 Å². The second-order valence-electron chi connectivity index (χ2n) is 3.85. The minimum absolute atomic E-state index is 0.0906. The van der Waals surface area contributed by atoms with Crippen molar-refractivity contribution in [3.05, 3.63) is 18.2 Å². The Balaban J connectivity index is 3.07. The van der Waals surface area contributed by atoms with Crippen molar-refractivity contribution in [1.82, 2.24) is 0 Å². The smallest absolute Gasteiger partial charge is 0.305 e. The standard InChI is InChI=1S/C13H17NO5/c1-9(15)14(7-6-13(16)17)11-5-4-10(18-2)8-12(11)19-3/h4-5,8H,6-7H2,1-3H3,(H,16,17). The highest BCUT2D eigenvalue weighted by molar-refractivity contribution is 5.93. The van der Waals surface area contributed by atoms with Crippen LogP contribution in [0.3, 0.4) is 0 Å². The molecule has 104 valence electrons. The Labute approximate surface area is 111 Å². The molecule has 6 nitrogen and oxygen atoms in total. The molecule has 0 bridgehead atoms. The van der Waals surface area contributed by atoms with E-state index in [0.717, 1.165) is 0 Å². The molecule has 1 aromatic carbocycles. The number of benzene rings is 1. The molecule has 0 saturated carbocycles. The molecule has 1 aromatic rings. The lowest BCUT2D eigenvalue weighted by Crippen LogP contribution is -2.31. The molecular weight excluding hydrogens is 250 g/mol. The number of carbonyl (C=O) groups is 2. The van der Waals surface area contributed by atoms with Crippen LogP contribution in [0.15, 0.2) is 18.2 Å². The first-order valence-electron chi connectivity index (χ1n) is 5.71. The Morgan fingerprint density at radius 1 is 1.26 bits per heavy atom. The van der Waals surface area contributed by atoms with Gasteiger partial charge in [0.25, 0.3) is 0 Å². The molecular formula is C13H17NO5. The molecule has 1 rings (SSSR count). The van der Waals surface area contributed by atoms with Gasteiger partial charge in [-0.15, -0.1) is 0 Å². The Morgan fingerprint density at radius 2 is 1.95 bits per heavy atom. The number of amides is 1. The second kappa shape index (κ2) is 6.63. The molecule has 0 atom stereocenters. The summed E-state index contributed by atoms with van der Waals surface area (Å²) in [5.74, 6) is -0.147. The zero-order valence-electron chi connectivity index (χ0n) is 11.2. The highest BCUT2D eigenvalue weighted by atomic mass is 16.5. The number of ether oxygens (including phenoxy) is 2. The van der Waals surface area contributed by atoms with Gasteiger partial charge in [0.05, 0.1) is 26.3 Å². The third-order valence-electron chi connectivity index (χ3n) is 2.61. The van der Waals surface area contributed by atoms with E-state index in [9.17, 15) is 9.59 Å². The Morgan fingerprint density at radius 3 is 2.42 bits per heavy atom. The van der Waals surface area contributed by atoms with Gasteiger partial charge >= 0.3 is 5.97 Å². The van der Waals surface area contributed by atoms with Gasteiger partial charge in [-0.3, -0.25) is 9.59 Å². The molecule has 1 amide bonds. The maximum Gasteiger partial charge on any atom is 0.305 e. The summed E-state index contributed by atoms with van der Waals surface area (Å²) in [6.45, 7) is 1.47. The number of aliphatic carboxylic acids is 1. The Hall–Kier alpha value is -2.24. The topological polar surface area (TPSA) is 76.1 Å². The third kappa shape index (κ3) is 3.87. The minimum atomic E-state index is -0.960. The minimum Gasteiger partial charge on any atom is -0.497 e. The number of carboxylic acid groups (broad SMARTS) is 1. The number of carboxylic acids is 1. The summed E-state index contributed by atoms with van der Waals surface area (Å²) in [5, 5.41) is 8.71. The monoisotopic (exact) mass is 267 g/mol. The van der Waals surface area contributed by atoms with Crippen molar-refractivity contribution in [2.75, 3.05) is 25.7 Å². The third-order valence-corrected chi connectivity index (χ3v) is 2.61. The molecule has 0 unspecified atom stereocenters. The van der Waals surface area contributed by atoms with Gasteiger partial charge in [0.15, 0.2) is 0 Å². The number of carbonyl (C=O) groups excluding carboxylic acids is 1. The van der Waals surface area contributed by atoms with Crippen molar-refractivity contribution >= 4 is 17.6 Å². The van der Waals surface area contributed by atoms with Crippen LogP contribution in [0.1, 0.15) is 13.3 Å². The molecule has 0 aliphatic heterocycles. The van der Waals surface area contributed by atoms with Crippen LogP contribution < -0.4 is 14.4 Å². The van der Waals surface area contributed by atoms with Gasteiger partial charge in [-0.25, -0.2) is 0 Å². The van der Waals surface area contributed by atoms with Crippen molar-refractivity contribution in [1.29, 1.82) is 0 Å². The van der Waals surface area contributed by atoms with Crippen molar-refractivity contribution in [3.8, 4) is 11.5 Å². The predicted octanol–water partition coefficient (Wildman–Crippen LogP) is 1.53. The summed E-state index contributed by atoms with van der Waals surface area (Å²) in [6.07, 6.45) is -0.130. The van der Waals surface area contributed by atoms with E-state index in [0.29, 0.717) is 17.2 Å². The lowest BCUT2D eigenvalue weighted by molar-refractivity contribution is -0.136. The van der Waals surface area contributed by atoms with Crippen LogP contribution in [0, 0.1) is 0 Å². The highest BCUT2D eigenvalue weighted by Gasteiger charge is 2.17. The number of hydrogen-bond donors (Lipinski definition) is 1. The molecule has 1 N–H and O–H groups in total. The zero-order valence-corrected chi connectivity index (χ0v) is 11.2. The van der Waals surface area contributed by atoms with E-state index in [1.54, 1.807) is 18.2 Å². The molecule has 0 saturated heterocycles. The van der Waals surface area contributed by atoms with Gasteiger partial charge in [-0.1, -0.05) is 0 Å². The number of nitrogens with zero attached hydrogens (tertiary/aromatic N) is 1. The van der Waals surface area contributed by atoms with E-state index >= 15 is 0 Å². The highest BCUT2D eigenvalue weighted by Crippen LogP contribution is 2.32. The van der Waals surface area contributed by atoms with E-state index in [4.69, 9.17) is 14.6 Å². The van der Waals surface area contributed by atoms with E-state index < -0.39 is 5.97 Å². The van der Waals surface area contributed by atoms with Gasteiger partial charge in [0.2, 0.25) is 5.91 Å². The van der Waals surface area contributed by atoms with E-state index in [-0.39, 0.29) is 18.9 Å². The van der Waals surface area contributed by atoms with Gasteiger partial charge in [0.1, 0.15) is 11.5 Å². The molecule has 6 heteroatoms. The normalized spacial score (nSPS) is 9.84. The van der Waals surface area contributed by atoms with Gasteiger partial charge in [0, 0.05) is 19.5 Å². The summed E-state index contributed by atoms with van der Waals surface area (Å²) in [5.41, 5.74) is 0.525. The zero-order chi connectivity index (χ0) is 14.4. The van der Waals surface area contributed by atoms with Crippen LogP contribution in [0.4, 0.5) is 5.69 Å². The van der Waals surface area contributed by atoms with Crippen LogP contribution in [-0.2, 0) is 9.59 Å². The summed E-state index contributed by atoms with van der Waals surface area (Å²) in [4.78, 5) is 23.6. The van der Waals surface area contributed by atoms with Crippen LogP contribution in [0.2, 0.25) is 0 Å². The molecule has 19 heavy (non-hydrogen) atoms. The SMILES string of the molecule is COc1ccc(N(CCC(=O)O)C(C)=O)c(OC)c1. The van der Waals surface area contributed by atoms with Crippen LogP contribution in [-0.4, -0.2) is 37.7 Å². The largest absolute Gasteiger partial charge is 0.497 e. The first kappa shape index (κ1) is 14.8. The fourth-order valence-electron chi connectivity index (χ4n) is 1.66. The lowest BCUT2D eigenvalue weighted by Gasteiger charge is -2.23. The fraction of sp³-hybridized carbons (Fsp3) is 0.385.